The highest BCUT2D eigenvalue weighted by molar-refractivity contribution is 6.17. The molecule has 0 saturated carbocycles. The summed E-state index contributed by atoms with van der Waals surface area (Å²) >= 11 is 5.85. The van der Waals surface area contributed by atoms with E-state index in [0.717, 1.165) is 35.4 Å². The number of aryl methyl sites for hydroxylation is 1. The fraction of sp³-hybridized carbons (Fsp3) is 0.214. The van der Waals surface area contributed by atoms with Gasteiger partial charge in [0.15, 0.2) is 0 Å². The smallest absolute Gasteiger partial charge is 0.111 e. The average Bonchev–Trinajstić information content (AvgIpc) is 3.00. The predicted octanol–water partition coefficient (Wildman–Crippen LogP) is 3.46. The van der Waals surface area contributed by atoms with E-state index in [1.165, 1.54) is 0 Å². The van der Waals surface area contributed by atoms with Gasteiger partial charge in [0.05, 0.1) is 30.1 Å². The molecule has 0 unspecified atom stereocenters. The maximum atomic E-state index is 5.85. The summed E-state index contributed by atoms with van der Waals surface area (Å²) in [4.78, 5) is 4.63. The van der Waals surface area contributed by atoms with Crippen LogP contribution in [0.2, 0.25) is 0 Å². The van der Waals surface area contributed by atoms with Gasteiger partial charge in [-0.15, -0.1) is 11.6 Å². The zero-order valence-corrected chi connectivity index (χ0v) is 10.6. The van der Waals surface area contributed by atoms with Gasteiger partial charge < -0.3 is 8.98 Å². The van der Waals surface area contributed by atoms with Gasteiger partial charge in [0.1, 0.15) is 5.82 Å². The Labute approximate surface area is 110 Å². The first-order valence-corrected chi connectivity index (χ1v) is 6.43. The van der Waals surface area contributed by atoms with Crippen LogP contribution in [0.3, 0.4) is 0 Å². The van der Waals surface area contributed by atoms with Gasteiger partial charge in [-0.3, -0.25) is 0 Å². The van der Waals surface area contributed by atoms with Gasteiger partial charge in [-0.25, -0.2) is 4.98 Å². The van der Waals surface area contributed by atoms with Crippen molar-refractivity contribution in [3.8, 4) is 0 Å². The molecule has 0 aliphatic carbocycles. The first-order chi connectivity index (χ1) is 8.88. The standard InChI is InChI=1S/C14H13ClN2O/c15-7-5-14-16-12-3-1-2-4-13(12)17(14)9-11-6-8-18-10-11/h1-4,6,8,10H,5,7,9H2. The molecule has 18 heavy (non-hydrogen) atoms. The number of halogens is 1. The van der Waals surface area contributed by atoms with Crippen LogP contribution in [-0.2, 0) is 13.0 Å². The van der Waals surface area contributed by atoms with Crippen LogP contribution in [0.15, 0.2) is 47.3 Å². The van der Waals surface area contributed by atoms with E-state index in [1.807, 2.05) is 24.3 Å². The lowest BCUT2D eigenvalue weighted by Crippen LogP contribution is -2.05. The summed E-state index contributed by atoms with van der Waals surface area (Å²) in [5, 5.41) is 0. The molecule has 4 heteroatoms. The monoisotopic (exact) mass is 260 g/mol. The molecule has 0 bridgehead atoms. The highest BCUT2D eigenvalue weighted by Crippen LogP contribution is 2.18. The number of alkyl halides is 1. The van der Waals surface area contributed by atoms with Crippen LogP contribution in [0.1, 0.15) is 11.4 Å². The molecule has 0 spiro atoms. The normalized spacial score (nSPS) is 11.2. The van der Waals surface area contributed by atoms with E-state index in [1.54, 1.807) is 12.5 Å². The van der Waals surface area contributed by atoms with Crippen molar-refractivity contribution in [2.24, 2.45) is 0 Å². The molecule has 0 fully saturated rings. The van der Waals surface area contributed by atoms with E-state index in [4.69, 9.17) is 16.0 Å². The summed E-state index contributed by atoms with van der Waals surface area (Å²) in [6, 6.07) is 10.1. The molecular weight excluding hydrogens is 248 g/mol. The molecule has 0 amide bonds. The molecule has 3 rings (SSSR count). The van der Waals surface area contributed by atoms with Crippen molar-refractivity contribution in [1.29, 1.82) is 0 Å². The van der Waals surface area contributed by atoms with Crippen molar-refractivity contribution in [3.05, 3.63) is 54.2 Å². The van der Waals surface area contributed by atoms with Crippen molar-refractivity contribution in [3.63, 3.8) is 0 Å². The molecule has 0 aliphatic rings. The molecule has 0 radical (unpaired) electrons. The topological polar surface area (TPSA) is 31.0 Å². The second kappa shape index (κ2) is 4.86. The maximum absolute atomic E-state index is 5.85. The third-order valence-electron chi connectivity index (χ3n) is 2.97. The first-order valence-electron chi connectivity index (χ1n) is 5.89. The van der Waals surface area contributed by atoms with E-state index in [2.05, 4.69) is 15.6 Å². The Bertz CT molecular complexity index is 643. The van der Waals surface area contributed by atoms with Crippen molar-refractivity contribution >= 4 is 22.6 Å². The van der Waals surface area contributed by atoms with Gasteiger partial charge in [0.2, 0.25) is 0 Å². The molecule has 0 saturated heterocycles. The number of rotatable bonds is 4. The Balaban J connectivity index is 2.09. The maximum Gasteiger partial charge on any atom is 0.111 e. The molecule has 0 atom stereocenters. The van der Waals surface area contributed by atoms with Gasteiger partial charge >= 0.3 is 0 Å². The minimum atomic E-state index is 0.578. The number of fused-ring (bicyclic) bond motifs is 1. The Morgan fingerprint density at radius 2 is 2.11 bits per heavy atom. The SMILES string of the molecule is ClCCc1nc2ccccc2n1Cc1ccoc1. The number of nitrogens with zero attached hydrogens (tertiary/aromatic N) is 2. The Morgan fingerprint density at radius 3 is 2.89 bits per heavy atom. The number of furan rings is 1. The molecule has 2 heterocycles. The minimum Gasteiger partial charge on any atom is -0.472 e. The Hall–Kier alpha value is -1.74. The number of benzene rings is 1. The third-order valence-corrected chi connectivity index (χ3v) is 3.16. The first kappa shape index (κ1) is 11.4. The van der Waals surface area contributed by atoms with Gasteiger partial charge in [0, 0.05) is 17.9 Å². The molecule has 1 aromatic carbocycles. The van der Waals surface area contributed by atoms with Crippen LogP contribution in [0.4, 0.5) is 0 Å². The molecule has 3 nitrogen and oxygen atoms in total. The van der Waals surface area contributed by atoms with Crippen molar-refractivity contribution in [2.45, 2.75) is 13.0 Å². The highest BCUT2D eigenvalue weighted by atomic mass is 35.5. The summed E-state index contributed by atoms with van der Waals surface area (Å²) in [5.74, 6) is 1.60. The van der Waals surface area contributed by atoms with Crippen LogP contribution < -0.4 is 0 Å². The van der Waals surface area contributed by atoms with Gasteiger partial charge in [0.25, 0.3) is 0 Å². The highest BCUT2D eigenvalue weighted by Gasteiger charge is 2.10. The summed E-state index contributed by atoms with van der Waals surface area (Å²) in [6.45, 7) is 0.767. The van der Waals surface area contributed by atoms with E-state index < -0.39 is 0 Å². The number of hydrogen-bond acceptors (Lipinski definition) is 2. The lowest BCUT2D eigenvalue weighted by Gasteiger charge is -2.06. The summed E-state index contributed by atoms with van der Waals surface area (Å²) in [5.41, 5.74) is 3.29. The van der Waals surface area contributed by atoms with Crippen molar-refractivity contribution < 1.29 is 4.42 Å². The quantitative estimate of drug-likeness (QED) is 0.673. The van der Waals surface area contributed by atoms with Crippen LogP contribution in [0.5, 0.6) is 0 Å². The zero-order chi connectivity index (χ0) is 12.4. The lowest BCUT2D eigenvalue weighted by atomic mass is 10.3. The van der Waals surface area contributed by atoms with Crippen LogP contribution in [0, 0.1) is 0 Å². The zero-order valence-electron chi connectivity index (χ0n) is 9.84. The second-order valence-electron chi connectivity index (χ2n) is 4.17. The minimum absolute atomic E-state index is 0.578. The fourth-order valence-electron chi connectivity index (χ4n) is 2.14. The number of aromatic nitrogens is 2. The average molecular weight is 261 g/mol. The molecule has 2 aromatic heterocycles. The molecule has 0 N–H and O–H groups in total. The molecule has 0 aliphatic heterocycles. The number of imidazole rings is 1. The fourth-order valence-corrected chi connectivity index (χ4v) is 2.31. The summed E-state index contributed by atoms with van der Waals surface area (Å²) < 4.78 is 7.31. The number of hydrogen-bond donors (Lipinski definition) is 0. The lowest BCUT2D eigenvalue weighted by molar-refractivity contribution is 0.562. The molecule has 3 aromatic rings. The van der Waals surface area contributed by atoms with E-state index >= 15 is 0 Å². The van der Waals surface area contributed by atoms with Crippen molar-refractivity contribution in [2.75, 3.05) is 5.88 Å². The Kier molecular flexibility index (Phi) is 3.07. The second-order valence-corrected chi connectivity index (χ2v) is 4.55. The summed E-state index contributed by atoms with van der Waals surface area (Å²) in [7, 11) is 0. The van der Waals surface area contributed by atoms with Crippen LogP contribution in [0.25, 0.3) is 11.0 Å². The van der Waals surface area contributed by atoms with Gasteiger partial charge in [-0.1, -0.05) is 12.1 Å². The van der Waals surface area contributed by atoms with Gasteiger partial charge in [-0.2, -0.15) is 0 Å². The molecular formula is C14H13ClN2O. The molecule has 92 valence electrons. The third kappa shape index (κ3) is 2.02. The van der Waals surface area contributed by atoms with E-state index in [0.29, 0.717) is 5.88 Å². The predicted molar refractivity (Wildman–Crippen MR) is 72.0 cm³/mol. The van der Waals surface area contributed by atoms with Gasteiger partial charge in [-0.05, 0) is 18.2 Å². The largest absolute Gasteiger partial charge is 0.472 e. The summed E-state index contributed by atoms with van der Waals surface area (Å²) in [6.07, 6.45) is 4.23. The Morgan fingerprint density at radius 1 is 1.22 bits per heavy atom. The van der Waals surface area contributed by atoms with Crippen molar-refractivity contribution in [1.82, 2.24) is 9.55 Å². The van der Waals surface area contributed by atoms with Crippen LogP contribution >= 0.6 is 11.6 Å². The van der Waals surface area contributed by atoms with Crippen LogP contribution in [-0.4, -0.2) is 15.4 Å². The number of para-hydroxylation sites is 2. The van der Waals surface area contributed by atoms with E-state index in [9.17, 15) is 0 Å². The van der Waals surface area contributed by atoms with E-state index in [-0.39, 0.29) is 0 Å².